The third kappa shape index (κ3) is 2.89. The Hall–Kier alpha value is -1.55. The predicted molar refractivity (Wildman–Crippen MR) is 76.2 cm³/mol. The molecule has 0 aromatic heterocycles. The van der Waals surface area contributed by atoms with Crippen molar-refractivity contribution in [1.29, 1.82) is 0 Å². The van der Waals surface area contributed by atoms with E-state index in [2.05, 4.69) is 17.0 Å². The number of nitrogens with zero attached hydrogens (tertiary/aromatic N) is 1. The van der Waals surface area contributed by atoms with Gasteiger partial charge in [0.25, 0.3) is 0 Å². The summed E-state index contributed by atoms with van der Waals surface area (Å²) in [6.07, 6.45) is 3.27. The van der Waals surface area contributed by atoms with Gasteiger partial charge in [0.15, 0.2) is 0 Å². The van der Waals surface area contributed by atoms with E-state index in [0.717, 1.165) is 31.5 Å². The van der Waals surface area contributed by atoms with Crippen LogP contribution < -0.4 is 10.6 Å². The zero-order valence-corrected chi connectivity index (χ0v) is 11.4. The SMILES string of the molecule is CN(CCC1CCCC1(N)C(=O)O)c1ccccc1. The van der Waals surface area contributed by atoms with Gasteiger partial charge >= 0.3 is 5.97 Å². The fourth-order valence-electron chi connectivity index (χ4n) is 2.95. The maximum Gasteiger partial charge on any atom is 0.323 e. The first-order valence-electron chi connectivity index (χ1n) is 6.82. The van der Waals surface area contributed by atoms with E-state index >= 15 is 0 Å². The van der Waals surface area contributed by atoms with E-state index in [4.69, 9.17) is 5.73 Å². The molecule has 0 saturated heterocycles. The molecule has 104 valence electrons. The van der Waals surface area contributed by atoms with E-state index in [0.29, 0.717) is 6.42 Å². The molecule has 1 aliphatic rings. The summed E-state index contributed by atoms with van der Waals surface area (Å²) in [5.41, 5.74) is 6.19. The van der Waals surface area contributed by atoms with Crippen molar-refractivity contribution in [2.75, 3.05) is 18.5 Å². The Kier molecular flexibility index (Phi) is 4.10. The molecule has 1 saturated carbocycles. The summed E-state index contributed by atoms with van der Waals surface area (Å²) in [5, 5.41) is 9.29. The summed E-state index contributed by atoms with van der Waals surface area (Å²) in [4.78, 5) is 13.5. The minimum atomic E-state index is -1.02. The normalized spacial score (nSPS) is 26.3. The van der Waals surface area contributed by atoms with Crippen molar-refractivity contribution in [1.82, 2.24) is 0 Å². The predicted octanol–water partition coefficient (Wildman–Crippen LogP) is 2.10. The number of hydrogen-bond donors (Lipinski definition) is 2. The van der Waals surface area contributed by atoms with Crippen LogP contribution in [0.3, 0.4) is 0 Å². The van der Waals surface area contributed by atoms with Gasteiger partial charge in [0, 0.05) is 19.3 Å². The highest BCUT2D eigenvalue weighted by molar-refractivity contribution is 5.79. The van der Waals surface area contributed by atoms with E-state index < -0.39 is 11.5 Å². The summed E-state index contributed by atoms with van der Waals surface area (Å²) in [6, 6.07) is 10.1. The molecule has 0 amide bonds. The highest BCUT2D eigenvalue weighted by Crippen LogP contribution is 2.36. The number of carboxylic acid groups (broad SMARTS) is 1. The van der Waals surface area contributed by atoms with Gasteiger partial charge in [-0.3, -0.25) is 4.79 Å². The van der Waals surface area contributed by atoms with Crippen LogP contribution in [0.15, 0.2) is 30.3 Å². The average molecular weight is 262 g/mol. The van der Waals surface area contributed by atoms with Crippen LogP contribution in [0.25, 0.3) is 0 Å². The van der Waals surface area contributed by atoms with Crippen LogP contribution in [0.1, 0.15) is 25.7 Å². The molecule has 1 aromatic rings. The number of anilines is 1. The van der Waals surface area contributed by atoms with Crippen LogP contribution in [-0.4, -0.2) is 30.2 Å². The molecule has 0 spiro atoms. The first-order chi connectivity index (χ1) is 9.04. The molecule has 0 heterocycles. The lowest BCUT2D eigenvalue weighted by molar-refractivity contribution is -0.144. The van der Waals surface area contributed by atoms with Crippen LogP contribution in [0.4, 0.5) is 5.69 Å². The lowest BCUT2D eigenvalue weighted by Gasteiger charge is -2.29. The van der Waals surface area contributed by atoms with Gasteiger partial charge in [-0.05, 0) is 37.3 Å². The van der Waals surface area contributed by atoms with Crippen LogP contribution in [0, 0.1) is 5.92 Å². The number of para-hydroxylation sites is 1. The second kappa shape index (κ2) is 5.61. The molecule has 0 aliphatic heterocycles. The molecule has 4 heteroatoms. The van der Waals surface area contributed by atoms with Crippen molar-refractivity contribution < 1.29 is 9.90 Å². The number of carbonyl (C=O) groups is 1. The van der Waals surface area contributed by atoms with Gasteiger partial charge in [-0.25, -0.2) is 0 Å². The van der Waals surface area contributed by atoms with E-state index in [-0.39, 0.29) is 5.92 Å². The van der Waals surface area contributed by atoms with E-state index in [1.165, 1.54) is 0 Å². The highest BCUT2D eigenvalue weighted by atomic mass is 16.4. The Balaban J connectivity index is 1.94. The van der Waals surface area contributed by atoms with Crippen LogP contribution in [-0.2, 0) is 4.79 Å². The lowest BCUT2D eigenvalue weighted by Crippen LogP contribution is -2.51. The molecule has 2 rings (SSSR count). The number of benzene rings is 1. The van der Waals surface area contributed by atoms with E-state index in [1.54, 1.807) is 0 Å². The monoisotopic (exact) mass is 262 g/mol. The topological polar surface area (TPSA) is 66.6 Å². The van der Waals surface area contributed by atoms with Gasteiger partial charge in [0.05, 0.1) is 0 Å². The number of rotatable bonds is 5. The second-order valence-electron chi connectivity index (χ2n) is 5.48. The maximum atomic E-state index is 11.3. The molecule has 2 unspecified atom stereocenters. The fourth-order valence-corrected chi connectivity index (χ4v) is 2.95. The number of aliphatic carboxylic acids is 1. The number of hydrogen-bond acceptors (Lipinski definition) is 3. The van der Waals surface area contributed by atoms with Gasteiger partial charge in [0.2, 0.25) is 0 Å². The second-order valence-corrected chi connectivity index (χ2v) is 5.48. The number of carboxylic acids is 1. The molecule has 0 radical (unpaired) electrons. The minimum absolute atomic E-state index is 0.0798. The largest absolute Gasteiger partial charge is 0.480 e. The lowest BCUT2D eigenvalue weighted by atomic mass is 9.85. The van der Waals surface area contributed by atoms with Crippen molar-refractivity contribution in [2.24, 2.45) is 11.7 Å². The van der Waals surface area contributed by atoms with Gasteiger partial charge in [-0.15, -0.1) is 0 Å². The molecule has 19 heavy (non-hydrogen) atoms. The maximum absolute atomic E-state index is 11.3. The molecule has 0 bridgehead atoms. The van der Waals surface area contributed by atoms with Crippen LogP contribution >= 0.6 is 0 Å². The molecule has 1 aromatic carbocycles. The van der Waals surface area contributed by atoms with E-state index in [9.17, 15) is 9.90 Å². The molecule has 2 atom stereocenters. The molecule has 1 aliphatic carbocycles. The summed E-state index contributed by atoms with van der Waals surface area (Å²) in [7, 11) is 2.03. The Morgan fingerprint density at radius 3 is 2.79 bits per heavy atom. The minimum Gasteiger partial charge on any atom is -0.480 e. The number of nitrogens with two attached hydrogens (primary N) is 1. The summed E-state index contributed by atoms with van der Waals surface area (Å²) >= 11 is 0. The average Bonchev–Trinajstić information content (AvgIpc) is 2.80. The molecule has 1 fully saturated rings. The smallest absolute Gasteiger partial charge is 0.323 e. The van der Waals surface area contributed by atoms with Crippen molar-refractivity contribution in [3.05, 3.63) is 30.3 Å². The fraction of sp³-hybridized carbons (Fsp3) is 0.533. The van der Waals surface area contributed by atoms with E-state index in [1.807, 2.05) is 25.2 Å². The summed E-state index contributed by atoms with van der Waals surface area (Å²) in [6.45, 7) is 0.834. The van der Waals surface area contributed by atoms with Gasteiger partial charge in [0.1, 0.15) is 5.54 Å². The van der Waals surface area contributed by atoms with Gasteiger partial charge in [-0.2, -0.15) is 0 Å². The van der Waals surface area contributed by atoms with Crippen LogP contribution in [0.2, 0.25) is 0 Å². The van der Waals surface area contributed by atoms with Crippen molar-refractivity contribution in [2.45, 2.75) is 31.2 Å². The standard InChI is InChI=1S/C15H22N2O2/c1-17(13-7-3-2-4-8-13)11-9-12-6-5-10-15(12,16)14(18)19/h2-4,7-8,12H,5-6,9-11,16H2,1H3,(H,18,19). The van der Waals surface area contributed by atoms with Crippen molar-refractivity contribution in [3.63, 3.8) is 0 Å². The third-order valence-corrected chi connectivity index (χ3v) is 4.28. The Labute approximate surface area is 114 Å². The molecule has 4 nitrogen and oxygen atoms in total. The first kappa shape index (κ1) is 13.9. The highest BCUT2D eigenvalue weighted by Gasteiger charge is 2.45. The van der Waals surface area contributed by atoms with Crippen molar-refractivity contribution in [3.8, 4) is 0 Å². The van der Waals surface area contributed by atoms with Crippen molar-refractivity contribution >= 4 is 11.7 Å². The van der Waals surface area contributed by atoms with Crippen LogP contribution in [0.5, 0.6) is 0 Å². The quantitative estimate of drug-likeness (QED) is 0.852. The third-order valence-electron chi connectivity index (χ3n) is 4.28. The summed E-state index contributed by atoms with van der Waals surface area (Å²) < 4.78 is 0. The first-order valence-corrected chi connectivity index (χ1v) is 6.82. The molecular weight excluding hydrogens is 240 g/mol. The Bertz CT molecular complexity index is 435. The molecule has 3 N–H and O–H groups in total. The molecular formula is C15H22N2O2. The van der Waals surface area contributed by atoms with Gasteiger partial charge in [-0.1, -0.05) is 24.6 Å². The Morgan fingerprint density at radius 1 is 1.47 bits per heavy atom. The van der Waals surface area contributed by atoms with Gasteiger partial charge < -0.3 is 15.7 Å². The zero-order valence-electron chi connectivity index (χ0n) is 11.4. The zero-order chi connectivity index (χ0) is 13.9. The summed E-state index contributed by atoms with van der Waals surface area (Å²) in [5.74, 6) is -0.770. The Morgan fingerprint density at radius 2 is 2.16 bits per heavy atom.